The van der Waals surface area contributed by atoms with Crippen molar-refractivity contribution < 1.29 is 33.9 Å². The van der Waals surface area contributed by atoms with Crippen LogP contribution in [0.4, 0.5) is 21.9 Å². The van der Waals surface area contributed by atoms with Gasteiger partial charge in [0.1, 0.15) is 5.60 Å². The van der Waals surface area contributed by atoms with E-state index >= 15 is 0 Å². The van der Waals surface area contributed by atoms with Crippen LogP contribution >= 0.6 is 11.6 Å². The number of aliphatic hydroxyl groups is 2. The molecule has 1 aromatic heterocycles. The molecule has 0 aliphatic rings. The van der Waals surface area contributed by atoms with Crippen LogP contribution in [0.25, 0.3) is 11.4 Å². The van der Waals surface area contributed by atoms with E-state index in [1.807, 2.05) is 0 Å². The number of carbonyl (C=O) groups is 3. The van der Waals surface area contributed by atoms with Crippen LogP contribution in [0.5, 0.6) is 0 Å². The van der Waals surface area contributed by atoms with E-state index < -0.39 is 41.5 Å². The fourth-order valence-corrected chi connectivity index (χ4v) is 3.51. The Morgan fingerprint density at radius 1 is 1.08 bits per heavy atom. The van der Waals surface area contributed by atoms with Gasteiger partial charge in [-0.2, -0.15) is 0 Å². The summed E-state index contributed by atoms with van der Waals surface area (Å²) in [5.74, 6) is -2.59. The number of ether oxygens (including phenoxy) is 1. The summed E-state index contributed by atoms with van der Waals surface area (Å²) < 4.78 is 9.66. The topological polar surface area (TPSA) is 187 Å². The second-order valence-electron chi connectivity index (χ2n) is 9.26. The number of anilines is 3. The quantitative estimate of drug-likeness (QED) is 0.244. The van der Waals surface area contributed by atoms with E-state index in [4.69, 9.17) is 16.3 Å². The lowest BCUT2D eigenvalue weighted by Crippen LogP contribution is -2.50. The Morgan fingerprint density at radius 2 is 1.77 bits per heavy atom. The number of amides is 3. The molecule has 3 rings (SSSR count). The minimum absolute atomic E-state index is 0.0202. The van der Waals surface area contributed by atoms with Crippen LogP contribution in [0.3, 0.4) is 0 Å². The highest BCUT2D eigenvalue weighted by Gasteiger charge is 2.34. The molecule has 2 atom stereocenters. The summed E-state index contributed by atoms with van der Waals surface area (Å²) in [4.78, 5) is 52.3. The molecule has 39 heavy (non-hydrogen) atoms. The number of nitrogens with one attached hydrogen (secondary N) is 3. The Kier molecular flexibility index (Phi) is 9.46. The summed E-state index contributed by atoms with van der Waals surface area (Å²) in [6, 6.07) is 12.1. The highest BCUT2D eigenvalue weighted by molar-refractivity contribution is 6.18. The minimum Gasteiger partial charge on any atom is -0.444 e. The van der Waals surface area contributed by atoms with Crippen molar-refractivity contribution in [2.24, 2.45) is 0 Å². The van der Waals surface area contributed by atoms with Crippen LogP contribution in [-0.2, 0) is 14.3 Å². The number of hydrogen-bond donors (Lipinski definition) is 5. The number of alkyl halides is 1. The van der Waals surface area contributed by atoms with E-state index in [-0.39, 0.29) is 29.6 Å². The van der Waals surface area contributed by atoms with Crippen molar-refractivity contribution in [3.63, 3.8) is 0 Å². The Labute approximate surface area is 227 Å². The SMILES string of the molecule is CC(C)(C)OC(=O)Nc1cccc(N(CCCl)C(=O)[C@H](O)[C@@H](O)C(=O)Nc2ccc(-c3noc(=O)[nH]3)cc2)c1. The monoisotopic (exact) mass is 561 g/mol. The minimum atomic E-state index is -2.13. The van der Waals surface area contributed by atoms with E-state index in [0.29, 0.717) is 11.3 Å². The molecule has 208 valence electrons. The third kappa shape index (κ3) is 8.14. The van der Waals surface area contributed by atoms with Crippen molar-refractivity contribution in [3.8, 4) is 11.4 Å². The number of hydrogen-bond acceptors (Lipinski definition) is 9. The summed E-state index contributed by atoms with van der Waals surface area (Å²) in [7, 11) is 0. The van der Waals surface area contributed by atoms with Gasteiger partial charge in [0.25, 0.3) is 11.8 Å². The lowest BCUT2D eigenvalue weighted by molar-refractivity contribution is -0.141. The molecule has 0 aliphatic heterocycles. The van der Waals surface area contributed by atoms with Crippen molar-refractivity contribution in [3.05, 3.63) is 59.1 Å². The molecule has 0 bridgehead atoms. The Morgan fingerprint density at radius 3 is 2.36 bits per heavy atom. The third-order valence-corrected chi connectivity index (χ3v) is 5.23. The third-order valence-electron chi connectivity index (χ3n) is 5.06. The number of rotatable bonds is 9. The molecule has 0 unspecified atom stereocenters. The number of aromatic amines is 1. The zero-order valence-electron chi connectivity index (χ0n) is 21.3. The Balaban J connectivity index is 1.68. The Hall–Kier alpha value is -4.20. The molecule has 14 heteroatoms. The largest absolute Gasteiger partial charge is 0.444 e. The van der Waals surface area contributed by atoms with Gasteiger partial charge in [0, 0.05) is 35.1 Å². The summed E-state index contributed by atoms with van der Waals surface area (Å²) in [5.41, 5.74) is 0.576. The molecule has 0 spiro atoms. The average molecular weight is 562 g/mol. The predicted octanol–water partition coefficient (Wildman–Crippen LogP) is 2.31. The van der Waals surface area contributed by atoms with Crippen LogP contribution < -0.4 is 21.3 Å². The fourth-order valence-electron chi connectivity index (χ4n) is 3.34. The zero-order valence-corrected chi connectivity index (χ0v) is 22.1. The molecule has 0 radical (unpaired) electrons. The Bertz CT molecular complexity index is 1370. The van der Waals surface area contributed by atoms with E-state index in [2.05, 4.69) is 25.3 Å². The van der Waals surface area contributed by atoms with Crippen molar-refractivity contribution in [2.75, 3.05) is 28.0 Å². The van der Waals surface area contributed by atoms with Gasteiger partial charge in [0.05, 0.1) is 0 Å². The first kappa shape index (κ1) is 29.4. The first-order valence-corrected chi connectivity index (χ1v) is 12.2. The molecule has 1 heterocycles. The maximum Gasteiger partial charge on any atom is 0.439 e. The van der Waals surface area contributed by atoms with Crippen LogP contribution in [0.1, 0.15) is 20.8 Å². The van der Waals surface area contributed by atoms with Crippen LogP contribution in [0, 0.1) is 0 Å². The molecule has 5 N–H and O–H groups in total. The number of aromatic nitrogens is 2. The van der Waals surface area contributed by atoms with Gasteiger partial charge < -0.3 is 25.2 Å². The van der Waals surface area contributed by atoms with Crippen molar-refractivity contribution in [2.45, 2.75) is 38.6 Å². The van der Waals surface area contributed by atoms with Crippen LogP contribution in [-0.4, -0.2) is 68.5 Å². The number of H-pyrrole nitrogens is 1. The van der Waals surface area contributed by atoms with Gasteiger partial charge in [0.15, 0.2) is 18.0 Å². The smallest absolute Gasteiger partial charge is 0.439 e. The van der Waals surface area contributed by atoms with E-state index in [9.17, 15) is 29.4 Å². The molecule has 3 aromatic rings. The molecule has 0 fully saturated rings. The first-order chi connectivity index (χ1) is 18.4. The van der Waals surface area contributed by atoms with Gasteiger partial charge >= 0.3 is 11.8 Å². The molecule has 0 aliphatic carbocycles. The number of nitrogens with zero attached hydrogens (tertiary/aromatic N) is 2. The average Bonchev–Trinajstić information content (AvgIpc) is 3.31. The van der Waals surface area contributed by atoms with Gasteiger partial charge in [-0.25, -0.2) is 9.59 Å². The van der Waals surface area contributed by atoms with Crippen molar-refractivity contribution in [1.29, 1.82) is 0 Å². The molecular formula is C25H28ClN5O8. The maximum atomic E-state index is 13.1. The molecular weight excluding hydrogens is 534 g/mol. The second-order valence-corrected chi connectivity index (χ2v) is 9.63. The van der Waals surface area contributed by atoms with Gasteiger partial charge in [-0.15, -0.1) is 11.6 Å². The summed E-state index contributed by atoms with van der Waals surface area (Å²) in [6.07, 6.45) is -4.95. The van der Waals surface area contributed by atoms with Crippen LogP contribution in [0.15, 0.2) is 57.8 Å². The lowest BCUT2D eigenvalue weighted by Gasteiger charge is -2.27. The zero-order chi connectivity index (χ0) is 28.7. The number of benzene rings is 2. The highest BCUT2D eigenvalue weighted by atomic mass is 35.5. The van der Waals surface area contributed by atoms with Gasteiger partial charge in [-0.1, -0.05) is 11.2 Å². The second kappa shape index (κ2) is 12.6. The van der Waals surface area contributed by atoms with Crippen molar-refractivity contribution >= 4 is 46.6 Å². The number of carbonyl (C=O) groups excluding carboxylic acids is 3. The number of aliphatic hydroxyl groups excluding tert-OH is 2. The van der Waals surface area contributed by atoms with E-state index in [0.717, 1.165) is 4.90 Å². The summed E-state index contributed by atoms with van der Waals surface area (Å²) in [5, 5.41) is 29.5. The summed E-state index contributed by atoms with van der Waals surface area (Å²) in [6.45, 7) is 5.07. The van der Waals surface area contributed by atoms with E-state index in [1.165, 1.54) is 36.4 Å². The van der Waals surface area contributed by atoms with E-state index in [1.54, 1.807) is 32.9 Å². The van der Waals surface area contributed by atoms with Crippen LogP contribution in [0.2, 0.25) is 0 Å². The van der Waals surface area contributed by atoms with Crippen molar-refractivity contribution in [1.82, 2.24) is 10.1 Å². The molecule has 0 saturated carbocycles. The normalized spacial score (nSPS) is 12.8. The van der Waals surface area contributed by atoms with Gasteiger partial charge in [-0.3, -0.25) is 24.4 Å². The highest BCUT2D eigenvalue weighted by Crippen LogP contribution is 2.22. The molecule has 2 aromatic carbocycles. The molecule has 0 saturated heterocycles. The summed E-state index contributed by atoms with van der Waals surface area (Å²) >= 11 is 5.86. The number of halogens is 1. The molecule has 13 nitrogen and oxygen atoms in total. The standard InChI is InChI=1S/C25H28ClN5O8/c1-25(2,3)38-23(36)28-16-5-4-6-17(13-16)31(12-11-26)22(35)19(33)18(32)21(34)27-15-9-7-14(8-10-15)20-29-24(37)39-30-20/h4-10,13,18-19,32-33H,11-12H2,1-3H3,(H,27,34)(H,28,36)(H,29,30,37)/t18-,19-/m1/s1. The van der Waals surface area contributed by atoms with Gasteiger partial charge in [-0.05, 0) is 63.2 Å². The predicted molar refractivity (Wildman–Crippen MR) is 143 cm³/mol. The molecule has 3 amide bonds. The first-order valence-electron chi connectivity index (χ1n) is 11.7. The van der Waals surface area contributed by atoms with Gasteiger partial charge in [0.2, 0.25) is 0 Å². The fraction of sp³-hybridized carbons (Fsp3) is 0.320. The lowest BCUT2D eigenvalue weighted by atomic mass is 10.1. The maximum absolute atomic E-state index is 13.1.